The molecule has 0 aliphatic rings. The number of nitrogens with one attached hydrogen (secondary N) is 1. The Hall–Kier alpha value is -1.48. The predicted octanol–water partition coefficient (Wildman–Crippen LogP) is -1.91. The van der Waals surface area contributed by atoms with Crippen molar-refractivity contribution in [1.82, 2.24) is 5.32 Å². The Balaban J connectivity index is 4.14. The van der Waals surface area contributed by atoms with Crippen molar-refractivity contribution in [2.75, 3.05) is 18.6 Å². The minimum Gasteiger partial charge on any atom is -0.370 e. The summed E-state index contributed by atoms with van der Waals surface area (Å²) in [7, 11) is 0. The number of nitrogens with two attached hydrogens (primary N) is 4. The number of guanidine groups is 1. The van der Waals surface area contributed by atoms with Crippen molar-refractivity contribution in [1.29, 1.82) is 0 Å². The maximum absolute atomic E-state index is 11.8. The van der Waals surface area contributed by atoms with Crippen molar-refractivity contribution < 1.29 is 9.59 Å². The first kappa shape index (κ1) is 18.5. The summed E-state index contributed by atoms with van der Waals surface area (Å²) in [6.45, 7) is 0.412. The van der Waals surface area contributed by atoms with Crippen LogP contribution in [-0.4, -0.2) is 48.4 Å². The fourth-order valence-corrected chi connectivity index (χ4v) is 1.92. The molecule has 0 aliphatic carbocycles. The van der Waals surface area contributed by atoms with Gasteiger partial charge in [-0.3, -0.25) is 14.6 Å². The van der Waals surface area contributed by atoms with E-state index in [4.69, 9.17) is 22.9 Å². The highest BCUT2D eigenvalue weighted by Crippen LogP contribution is 2.02. The van der Waals surface area contributed by atoms with Crippen molar-refractivity contribution in [2.45, 2.75) is 31.3 Å². The van der Waals surface area contributed by atoms with Crippen LogP contribution < -0.4 is 28.3 Å². The molecule has 0 spiro atoms. The van der Waals surface area contributed by atoms with Crippen LogP contribution in [0.25, 0.3) is 0 Å². The van der Waals surface area contributed by atoms with Gasteiger partial charge in [-0.25, -0.2) is 0 Å². The van der Waals surface area contributed by atoms with Crippen molar-refractivity contribution in [2.24, 2.45) is 27.9 Å². The van der Waals surface area contributed by atoms with Crippen LogP contribution >= 0.6 is 11.8 Å². The molecule has 0 heterocycles. The number of carbonyl (C=O) groups is 2. The fraction of sp³-hybridized carbons (Fsp3) is 0.727. The zero-order valence-electron chi connectivity index (χ0n) is 11.7. The average Bonchev–Trinajstić information content (AvgIpc) is 2.38. The van der Waals surface area contributed by atoms with Gasteiger partial charge in [-0.05, 0) is 31.3 Å². The second kappa shape index (κ2) is 10.3. The third-order valence-electron chi connectivity index (χ3n) is 2.57. The lowest BCUT2D eigenvalue weighted by atomic mass is 10.1. The van der Waals surface area contributed by atoms with Gasteiger partial charge in [-0.15, -0.1) is 0 Å². The van der Waals surface area contributed by atoms with Gasteiger partial charge in [0.25, 0.3) is 0 Å². The number of nitrogens with zero attached hydrogens (tertiary/aromatic N) is 1. The van der Waals surface area contributed by atoms with Crippen LogP contribution in [-0.2, 0) is 9.59 Å². The van der Waals surface area contributed by atoms with Gasteiger partial charge in [0.05, 0.1) is 6.04 Å². The summed E-state index contributed by atoms with van der Waals surface area (Å²) in [4.78, 5) is 26.8. The molecule has 0 bridgehead atoms. The number of rotatable bonds is 10. The number of amides is 2. The van der Waals surface area contributed by atoms with E-state index in [1.165, 1.54) is 0 Å². The van der Waals surface area contributed by atoms with E-state index < -0.39 is 18.0 Å². The van der Waals surface area contributed by atoms with Crippen LogP contribution in [0.1, 0.15) is 19.3 Å². The summed E-state index contributed by atoms with van der Waals surface area (Å²) in [5.41, 5.74) is 21.3. The maximum Gasteiger partial charge on any atom is 0.240 e. The molecule has 0 radical (unpaired) electrons. The highest BCUT2D eigenvalue weighted by Gasteiger charge is 2.21. The van der Waals surface area contributed by atoms with E-state index in [1.807, 2.05) is 6.26 Å². The van der Waals surface area contributed by atoms with Crippen LogP contribution in [0.15, 0.2) is 4.99 Å². The van der Waals surface area contributed by atoms with Crippen LogP contribution in [0.2, 0.25) is 0 Å². The standard InChI is InChI=1S/C11H24N6O2S/c1-20-6-4-8(9(13)18)17-10(19)7(12)3-2-5-16-11(14)15/h7-8H,2-6,12H2,1H3,(H2,13,18)(H,17,19)(H4,14,15,16)/t7-,8-/m0/s1. The van der Waals surface area contributed by atoms with Crippen LogP contribution in [0.4, 0.5) is 0 Å². The Morgan fingerprint density at radius 3 is 2.40 bits per heavy atom. The van der Waals surface area contributed by atoms with E-state index >= 15 is 0 Å². The highest BCUT2D eigenvalue weighted by atomic mass is 32.2. The number of primary amides is 1. The number of hydrogen-bond acceptors (Lipinski definition) is 5. The minimum absolute atomic E-state index is 0.00822. The van der Waals surface area contributed by atoms with Gasteiger partial charge in [0.15, 0.2) is 5.96 Å². The Bertz CT molecular complexity index is 346. The Labute approximate surface area is 123 Å². The fourth-order valence-electron chi connectivity index (χ4n) is 1.45. The molecule has 0 aliphatic heterocycles. The predicted molar refractivity (Wildman–Crippen MR) is 82.0 cm³/mol. The topological polar surface area (TPSA) is 163 Å². The normalized spacial score (nSPS) is 13.3. The molecule has 0 unspecified atom stereocenters. The second-order valence-corrected chi connectivity index (χ2v) is 5.29. The lowest BCUT2D eigenvalue weighted by Gasteiger charge is -2.18. The van der Waals surface area contributed by atoms with Crippen molar-refractivity contribution in [3.8, 4) is 0 Å². The van der Waals surface area contributed by atoms with Crippen molar-refractivity contribution in [3.63, 3.8) is 0 Å². The Morgan fingerprint density at radius 1 is 1.25 bits per heavy atom. The van der Waals surface area contributed by atoms with Gasteiger partial charge >= 0.3 is 0 Å². The molecule has 0 fully saturated rings. The molecular formula is C11H24N6O2S. The summed E-state index contributed by atoms with van der Waals surface area (Å²) < 4.78 is 0. The lowest BCUT2D eigenvalue weighted by molar-refractivity contribution is -0.128. The molecule has 0 aromatic carbocycles. The summed E-state index contributed by atoms with van der Waals surface area (Å²) >= 11 is 1.57. The minimum atomic E-state index is -0.708. The quantitative estimate of drug-likeness (QED) is 0.180. The first-order valence-corrected chi connectivity index (χ1v) is 7.67. The van der Waals surface area contributed by atoms with Gasteiger partial charge in [-0.2, -0.15) is 11.8 Å². The van der Waals surface area contributed by atoms with Gasteiger partial charge in [0, 0.05) is 6.54 Å². The first-order valence-electron chi connectivity index (χ1n) is 6.28. The summed E-state index contributed by atoms with van der Waals surface area (Å²) in [6.07, 6.45) is 3.41. The molecule has 0 aromatic rings. The van der Waals surface area contributed by atoms with Crippen LogP contribution in [0, 0.1) is 0 Å². The van der Waals surface area contributed by atoms with Gasteiger partial charge in [-0.1, -0.05) is 0 Å². The van der Waals surface area contributed by atoms with E-state index in [9.17, 15) is 9.59 Å². The molecule has 8 nitrogen and oxygen atoms in total. The average molecular weight is 304 g/mol. The zero-order valence-corrected chi connectivity index (χ0v) is 12.5. The summed E-state index contributed by atoms with van der Waals surface area (Å²) in [6, 6.07) is -1.39. The molecular weight excluding hydrogens is 280 g/mol. The van der Waals surface area contributed by atoms with E-state index in [0.717, 1.165) is 5.75 Å². The van der Waals surface area contributed by atoms with E-state index in [0.29, 0.717) is 25.8 Å². The molecule has 0 rings (SSSR count). The third-order valence-corrected chi connectivity index (χ3v) is 3.22. The summed E-state index contributed by atoms with van der Waals surface area (Å²) in [5, 5.41) is 2.56. The molecule has 2 atom stereocenters. The molecule has 2 amide bonds. The van der Waals surface area contributed by atoms with Crippen molar-refractivity contribution >= 4 is 29.5 Å². The number of hydrogen-bond donors (Lipinski definition) is 5. The molecule has 9 heteroatoms. The molecule has 20 heavy (non-hydrogen) atoms. The Morgan fingerprint density at radius 2 is 1.90 bits per heavy atom. The van der Waals surface area contributed by atoms with Gasteiger partial charge < -0.3 is 28.3 Å². The molecule has 0 saturated carbocycles. The Kier molecular flexibility index (Phi) is 9.56. The highest BCUT2D eigenvalue weighted by molar-refractivity contribution is 7.98. The smallest absolute Gasteiger partial charge is 0.240 e. The number of aliphatic imine (C=N–C) groups is 1. The molecule has 116 valence electrons. The zero-order chi connectivity index (χ0) is 15.5. The number of carbonyl (C=O) groups excluding carboxylic acids is 2. The van der Waals surface area contributed by atoms with Gasteiger partial charge in [0.2, 0.25) is 11.8 Å². The van der Waals surface area contributed by atoms with E-state index in [1.54, 1.807) is 11.8 Å². The molecule has 0 saturated heterocycles. The third kappa shape index (κ3) is 8.59. The second-order valence-electron chi connectivity index (χ2n) is 4.30. The lowest BCUT2D eigenvalue weighted by Crippen LogP contribution is -2.50. The molecule has 9 N–H and O–H groups in total. The monoisotopic (exact) mass is 304 g/mol. The number of thioether (sulfide) groups is 1. The van der Waals surface area contributed by atoms with Crippen LogP contribution in [0.3, 0.4) is 0 Å². The van der Waals surface area contributed by atoms with Crippen molar-refractivity contribution in [3.05, 3.63) is 0 Å². The van der Waals surface area contributed by atoms with E-state index in [-0.39, 0.29) is 11.9 Å². The largest absolute Gasteiger partial charge is 0.370 e. The maximum atomic E-state index is 11.8. The van der Waals surface area contributed by atoms with E-state index in [2.05, 4.69) is 10.3 Å². The van der Waals surface area contributed by atoms with Crippen LogP contribution in [0.5, 0.6) is 0 Å². The molecule has 0 aromatic heterocycles. The SMILES string of the molecule is CSCC[C@H](NC(=O)[C@@H](N)CCCN=C(N)N)C(N)=O. The summed E-state index contributed by atoms with van der Waals surface area (Å²) in [5.74, 6) is -0.207. The van der Waals surface area contributed by atoms with Gasteiger partial charge in [0.1, 0.15) is 6.04 Å². The first-order chi connectivity index (χ1) is 9.38.